The number of hydrogen-bond acceptors (Lipinski definition) is 4. The van der Waals surface area contributed by atoms with Crippen LogP contribution in [-0.2, 0) is 16.0 Å². The molecule has 0 bridgehead atoms. The number of hydrogen-bond donors (Lipinski definition) is 0. The van der Waals surface area contributed by atoms with Crippen molar-refractivity contribution in [2.75, 3.05) is 16.3 Å². The molecule has 1 saturated heterocycles. The molecular weight excluding hydrogens is 454 g/mol. The van der Waals surface area contributed by atoms with E-state index in [4.69, 9.17) is 16.6 Å². The Morgan fingerprint density at radius 3 is 2.64 bits per heavy atom. The SMILES string of the molecule is CCc1ccc(N2C[C@@H](C(=O)N(c3cccc(Cl)c3)c3nc4ccccc4s3)CC2=O)cc1. The molecule has 2 amide bonds. The van der Waals surface area contributed by atoms with Gasteiger partial charge in [0.1, 0.15) is 0 Å². The summed E-state index contributed by atoms with van der Waals surface area (Å²) < 4.78 is 0.993. The first kappa shape index (κ1) is 21.6. The highest BCUT2D eigenvalue weighted by Gasteiger charge is 2.39. The molecule has 1 aliphatic rings. The van der Waals surface area contributed by atoms with Crippen molar-refractivity contribution in [2.24, 2.45) is 5.92 Å². The van der Waals surface area contributed by atoms with E-state index in [1.807, 2.05) is 60.7 Å². The van der Waals surface area contributed by atoms with E-state index in [1.54, 1.807) is 21.9 Å². The number of rotatable bonds is 5. The van der Waals surface area contributed by atoms with Gasteiger partial charge in [0.15, 0.2) is 5.13 Å². The van der Waals surface area contributed by atoms with Crippen molar-refractivity contribution in [3.63, 3.8) is 0 Å². The van der Waals surface area contributed by atoms with Crippen LogP contribution < -0.4 is 9.80 Å². The summed E-state index contributed by atoms with van der Waals surface area (Å²) in [7, 11) is 0. The number of benzene rings is 3. The van der Waals surface area contributed by atoms with Crippen LogP contribution in [0.5, 0.6) is 0 Å². The minimum atomic E-state index is -0.477. The second kappa shape index (κ2) is 8.96. The van der Waals surface area contributed by atoms with Crippen molar-refractivity contribution in [1.82, 2.24) is 4.98 Å². The minimum Gasteiger partial charge on any atom is -0.312 e. The van der Waals surface area contributed by atoms with E-state index in [1.165, 1.54) is 16.9 Å². The fourth-order valence-corrected chi connectivity index (χ4v) is 5.30. The lowest BCUT2D eigenvalue weighted by molar-refractivity contribution is -0.123. The Kier molecular flexibility index (Phi) is 5.87. The monoisotopic (exact) mass is 475 g/mol. The van der Waals surface area contributed by atoms with Gasteiger partial charge in [-0.05, 0) is 54.4 Å². The molecule has 0 radical (unpaired) electrons. The highest BCUT2D eigenvalue weighted by atomic mass is 35.5. The van der Waals surface area contributed by atoms with Crippen molar-refractivity contribution in [2.45, 2.75) is 19.8 Å². The number of anilines is 3. The van der Waals surface area contributed by atoms with Crippen LogP contribution in [0.4, 0.5) is 16.5 Å². The highest BCUT2D eigenvalue weighted by Crippen LogP contribution is 2.37. The first-order chi connectivity index (χ1) is 16.0. The van der Waals surface area contributed by atoms with E-state index in [9.17, 15) is 9.59 Å². The Labute approximate surface area is 201 Å². The van der Waals surface area contributed by atoms with Crippen LogP contribution in [0.15, 0.2) is 72.8 Å². The Morgan fingerprint density at radius 2 is 1.91 bits per heavy atom. The zero-order chi connectivity index (χ0) is 22.9. The van der Waals surface area contributed by atoms with Gasteiger partial charge in [0.2, 0.25) is 11.8 Å². The Balaban J connectivity index is 1.48. The maximum absolute atomic E-state index is 13.8. The number of thiazole rings is 1. The number of nitrogens with zero attached hydrogens (tertiary/aromatic N) is 3. The average molecular weight is 476 g/mol. The summed E-state index contributed by atoms with van der Waals surface area (Å²) in [5, 5.41) is 1.10. The third-order valence-electron chi connectivity index (χ3n) is 5.89. The maximum atomic E-state index is 13.8. The predicted octanol–water partition coefficient (Wildman–Crippen LogP) is 6.23. The van der Waals surface area contributed by atoms with Crippen LogP contribution in [0.25, 0.3) is 10.2 Å². The first-order valence-electron chi connectivity index (χ1n) is 10.9. The molecule has 1 atom stereocenters. The normalized spacial score (nSPS) is 15.9. The van der Waals surface area contributed by atoms with Gasteiger partial charge in [-0.1, -0.05) is 60.2 Å². The average Bonchev–Trinajstić information content (AvgIpc) is 3.43. The number of aromatic nitrogens is 1. The van der Waals surface area contributed by atoms with Gasteiger partial charge in [-0.3, -0.25) is 14.5 Å². The molecule has 5 nitrogen and oxygen atoms in total. The molecule has 0 spiro atoms. The molecule has 33 heavy (non-hydrogen) atoms. The van der Waals surface area contributed by atoms with Crippen LogP contribution in [0.2, 0.25) is 5.02 Å². The van der Waals surface area contributed by atoms with Gasteiger partial charge in [0.05, 0.1) is 21.8 Å². The fraction of sp³-hybridized carbons (Fsp3) is 0.192. The van der Waals surface area contributed by atoms with E-state index in [2.05, 4.69) is 6.92 Å². The lowest BCUT2D eigenvalue weighted by Crippen LogP contribution is -2.34. The molecule has 1 aliphatic heterocycles. The summed E-state index contributed by atoms with van der Waals surface area (Å²) in [5.74, 6) is -0.681. The number of para-hydroxylation sites is 1. The van der Waals surface area contributed by atoms with Crippen LogP contribution in [0.1, 0.15) is 18.9 Å². The van der Waals surface area contributed by atoms with Gasteiger partial charge >= 0.3 is 0 Å². The summed E-state index contributed by atoms with van der Waals surface area (Å²) in [4.78, 5) is 34.7. The summed E-state index contributed by atoms with van der Waals surface area (Å²) in [6, 6.07) is 22.9. The standard InChI is InChI=1S/C26H22ClN3O2S/c1-2-17-10-12-20(13-11-17)29-16-18(14-24(29)31)25(32)30(21-7-5-6-19(27)15-21)26-28-22-8-3-4-9-23(22)33-26/h3-13,15,18H,2,14,16H2,1H3/t18-/m0/s1. The van der Waals surface area contributed by atoms with Gasteiger partial charge in [-0.2, -0.15) is 0 Å². The molecule has 166 valence electrons. The van der Waals surface area contributed by atoms with Gasteiger partial charge in [-0.25, -0.2) is 4.98 Å². The molecule has 0 saturated carbocycles. The van der Waals surface area contributed by atoms with E-state index >= 15 is 0 Å². The lowest BCUT2D eigenvalue weighted by atomic mass is 10.1. The maximum Gasteiger partial charge on any atom is 0.238 e. The number of carbonyl (C=O) groups excluding carboxylic acids is 2. The quantitative estimate of drug-likeness (QED) is 0.344. The molecule has 4 aromatic rings. The van der Waals surface area contributed by atoms with Gasteiger partial charge < -0.3 is 4.90 Å². The minimum absolute atomic E-state index is 0.0482. The molecule has 1 fully saturated rings. The van der Waals surface area contributed by atoms with Crippen LogP contribution in [-0.4, -0.2) is 23.3 Å². The number of halogens is 1. The fourth-order valence-electron chi connectivity index (χ4n) is 4.12. The summed E-state index contributed by atoms with van der Waals surface area (Å²) in [6.07, 6.45) is 1.10. The third kappa shape index (κ3) is 4.24. The predicted molar refractivity (Wildman–Crippen MR) is 134 cm³/mol. The molecule has 1 aromatic heterocycles. The Hall–Kier alpha value is -3.22. The Morgan fingerprint density at radius 1 is 1.12 bits per heavy atom. The Bertz CT molecular complexity index is 1300. The zero-order valence-corrected chi connectivity index (χ0v) is 19.6. The van der Waals surface area contributed by atoms with Crippen molar-refractivity contribution in [1.29, 1.82) is 0 Å². The second-order valence-electron chi connectivity index (χ2n) is 8.04. The van der Waals surface area contributed by atoms with Gasteiger partial charge in [0.25, 0.3) is 0 Å². The van der Waals surface area contributed by atoms with Crippen LogP contribution >= 0.6 is 22.9 Å². The summed E-state index contributed by atoms with van der Waals surface area (Å²) in [5.41, 5.74) is 3.50. The molecule has 0 aliphatic carbocycles. The first-order valence-corrected chi connectivity index (χ1v) is 12.1. The second-order valence-corrected chi connectivity index (χ2v) is 9.49. The van der Waals surface area contributed by atoms with E-state index in [0.717, 1.165) is 22.3 Å². The molecule has 7 heteroatoms. The van der Waals surface area contributed by atoms with Crippen LogP contribution in [0.3, 0.4) is 0 Å². The molecule has 0 N–H and O–H groups in total. The van der Waals surface area contributed by atoms with E-state index in [-0.39, 0.29) is 18.2 Å². The smallest absolute Gasteiger partial charge is 0.238 e. The van der Waals surface area contributed by atoms with Crippen LogP contribution in [0, 0.1) is 5.92 Å². The van der Waals surface area contributed by atoms with Crippen molar-refractivity contribution in [3.05, 3.63) is 83.4 Å². The number of aryl methyl sites for hydroxylation is 1. The van der Waals surface area contributed by atoms with Crippen molar-refractivity contribution in [3.8, 4) is 0 Å². The molecule has 3 aromatic carbocycles. The summed E-state index contributed by atoms with van der Waals surface area (Å²) in [6.45, 7) is 2.43. The van der Waals surface area contributed by atoms with Gasteiger partial charge in [-0.15, -0.1) is 0 Å². The largest absolute Gasteiger partial charge is 0.312 e. The molecular formula is C26H22ClN3O2S. The molecule has 5 rings (SSSR count). The summed E-state index contributed by atoms with van der Waals surface area (Å²) >= 11 is 7.70. The third-order valence-corrected chi connectivity index (χ3v) is 7.15. The molecule has 0 unspecified atom stereocenters. The highest BCUT2D eigenvalue weighted by molar-refractivity contribution is 7.22. The van der Waals surface area contributed by atoms with E-state index in [0.29, 0.717) is 22.4 Å². The van der Waals surface area contributed by atoms with Crippen molar-refractivity contribution < 1.29 is 9.59 Å². The van der Waals surface area contributed by atoms with Crippen molar-refractivity contribution >= 4 is 61.5 Å². The number of fused-ring (bicyclic) bond motifs is 1. The number of carbonyl (C=O) groups is 2. The van der Waals surface area contributed by atoms with Gasteiger partial charge in [0, 0.05) is 23.7 Å². The number of amides is 2. The van der Waals surface area contributed by atoms with E-state index < -0.39 is 5.92 Å². The lowest BCUT2D eigenvalue weighted by Gasteiger charge is -2.23. The molecule has 2 heterocycles. The zero-order valence-electron chi connectivity index (χ0n) is 18.1. The topological polar surface area (TPSA) is 53.5 Å².